The highest BCUT2D eigenvalue weighted by Gasteiger charge is 2.45. The second-order valence-corrected chi connectivity index (χ2v) is 7.46. The van der Waals surface area contributed by atoms with Crippen molar-refractivity contribution in [3.8, 4) is 34.3 Å². The largest absolute Gasteiger partial charge is 0.507 e. The van der Waals surface area contributed by atoms with E-state index in [0.717, 1.165) is 6.07 Å². The molecule has 33 heavy (non-hydrogen) atoms. The Hall–Kier alpha value is -3.35. The standard InChI is InChI=1S/C22H22O11/c1-30-9-5-11(24)17-12(25)7-14(31-15(17)6-9)10-3-2-4-13(18(10)26)32-22-21(29)20(28)19(27)16(8-23)33-22/h2-7,16,19-24,26-29H,8H2,1H3. The maximum absolute atomic E-state index is 12.6. The van der Waals surface area contributed by atoms with Crippen molar-refractivity contribution in [2.45, 2.75) is 30.7 Å². The van der Waals surface area contributed by atoms with Crippen molar-refractivity contribution >= 4 is 11.0 Å². The van der Waals surface area contributed by atoms with Crippen LogP contribution >= 0.6 is 0 Å². The Kier molecular flexibility index (Phi) is 6.15. The van der Waals surface area contributed by atoms with Crippen molar-refractivity contribution in [1.82, 2.24) is 0 Å². The third kappa shape index (κ3) is 4.08. The van der Waals surface area contributed by atoms with E-state index in [1.54, 1.807) is 0 Å². The molecule has 11 heteroatoms. The van der Waals surface area contributed by atoms with Crippen LogP contribution in [0.15, 0.2) is 45.6 Å². The molecular formula is C22H22O11. The number of aliphatic hydroxyl groups excluding tert-OH is 4. The van der Waals surface area contributed by atoms with Crippen molar-refractivity contribution in [3.63, 3.8) is 0 Å². The highest BCUT2D eigenvalue weighted by atomic mass is 16.7. The molecule has 0 saturated carbocycles. The van der Waals surface area contributed by atoms with Gasteiger partial charge in [-0.15, -0.1) is 0 Å². The summed E-state index contributed by atoms with van der Waals surface area (Å²) in [5.74, 6) is -0.771. The number of hydrogen-bond acceptors (Lipinski definition) is 11. The molecule has 6 N–H and O–H groups in total. The van der Waals surface area contributed by atoms with E-state index < -0.39 is 48.5 Å². The number of benzene rings is 2. The number of fused-ring (bicyclic) bond motifs is 1. The number of phenols is 2. The highest BCUT2D eigenvalue weighted by molar-refractivity contribution is 5.86. The molecule has 0 bridgehead atoms. The maximum Gasteiger partial charge on any atom is 0.229 e. The molecule has 1 fully saturated rings. The van der Waals surface area contributed by atoms with E-state index >= 15 is 0 Å². The molecule has 0 spiro atoms. The third-order valence-electron chi connectivity index (χ3n) is 5.38. The van der Waals surface area contributed by atoms with Gasteiger partial charge in [-0.3, -0.25) is 4.79 Å². The third-order valence-corrected chi connectivity index (χ3v) is 5.38. The predicted octanol–water partition coefficient (Wildman–Crippen LogP) is 0.0585. The highest BCUT2D eigenvalue weighted by Crippen LogP contribution is 2.39. The number of para-hydroxylation sites is 1. The summed E-state index contributed by atoms with van der Waals surface area (Å²) in [6, 6.07) is 8.02. The normalized spacial score (nSPS) is 25.2. The zero-order valence-corrected chi connectivity index (χ0v) is 17.3. The van der Waals surface area contributed by atoms with Crippen LogP contribution in [0.1, 0.15) is 0 Å². The Balaban J connectivity index is 1.72. The molecule has 1 aliphatic rings. The Morgan fingerprint density at radius 3 is 2.48 bits per heavy atom. The van der Waals surface area contributed by atoms with Gasteiger partial charge in [0.1, 0.15) is 52.6 Å². The molecule has 1 aliphatic heterocycles. The molecule has 3 aromatic rings. The quantitative estimate of drug-likeness (QED) is 0.302. The van der Waals surface area contributed by atoms with Crippen LogP contribution in [0.3, 0.4) is 0 Å². The fraction of sp³-hybridized carbons (Fsp3) is 0.318. The summed E-state index contributed by atoms with van der Waals surface area (Å²) < 4.78 is 21.6. The van der Waals surface area contributed by atoms with E-state index in [-0.39, 0.29) is 39.5 Å². The number of rotatable bonds is 5. The van der Waals surface area contributed by atoms with Gasteiger partial charge in [0.25, 0.3) is 0 Å². The number of methoxy groups -OCH3 is 1. The molecule has 0 aliphatic carbocycles. The summed E-state index contributed by atoms with van der Waals surface area (Å²) in [6.45, 7) is -0.643. The van der Waals surface area contributed by atoms with Gasteiger partial charge in [0.2, 0.25) is 6.29 Å². The fourth-order valence-electron chi connectivity index (χ4n) is 3.60. The fourth-order valence-corrected chi connectivity index (χ4v) is 3.60. The lowest BCUT2D eigenvalue weighted by molar-refractivity contribution is -0.277. The van der Waals surface area contributed by atoms with Crippen LogP contribution in [0.4, 0.5) is 0 Å². The topological polar surface area (TPSA) is 179 Å². The van der Waals surface area contributed by atoms with Crippen molar-refractivity contribution in [2.24, 2.45) is 0 Å². The SMILES string of the molecule is COc1cc(O)c2c(=O)cc(-c3cccc(OC4OC(CO)C(O)C(O)C4O)c3O)oc2c1. The van der Waals surface area contributed by atoms with E-state index in [1.165, 1.54) is 37.4 Å². The summed E-state index contributed by atoms with van der Waals surface area (Å²) in [5.41, 5.74) is -0.488. The van der Waals surface area contributed by atoms with Crippen molar-refractivity contribution in [3.05, 3.63) is 46.6 Å². The summed E-state index contributed by atoms with van der Waals surface area (Å²) >= 11 is 0. The first-order valence-corrected chi connectivity index (χ1v) is 9.89. The molecular weight excluding hydrogens is 440 g/mol. The van der Waals surface area contributed by atoms with Crippen LogP contribution in [0.2, 0.25) is 0 Å². The monoisotopic (exact) mass is 462 g/mol. The number of aliphatic hydroxyl groups is 4. The second-order valence-electron chi connectivity index (χ2n) is 7.46. The van der Waals surface area contributed by atoms with Gasteiger partial charge in [-0.25, -0.2) is 0 Å². The Bertz CT molecular complexity index is 1220. The summed E-state index contributed by atoms with van der Waals surface area (Å²) in [5, 5.41) is 60.1. The minimum Gasteiger partial charge on any atom is -0.507 e. The van der Waals surface area contributed by atoms with E-state index in [0.29, 0.717) is 0 Å². The second kappa shape index (κ2) is 8.89. The lowest BCUT2D eigenvalue weighted by Gasteiger charge is -2.39. The van der Waals surface area contributed by atoms with Crippen molar-refractivity contribution in [2.75, 3.05) is 13.7 Å². The van der Waals surface area contributed by atoms with Gasteiger partial charge in [-0.1, -0.05) is 6.07 Å². The molecule has 1 saturated heterocycles. The molecule has 0 amide bonds. The van der Waals surface area contributed by atoms with Crippen molar-refractivity contribution in [1.29, 1.82) is 0 Å². The predicted molar refractivity (Wildman–Crippen MR) is 112 cm³/mol. The maximum atomic E-state index is 12.6. The molecule has 11 nitrogen and oxygen atoms in total. The first-order chi connectivity index (χ1) is 15.7. The number of aromatic hydroxyl groups is 2. The molecule has 4 rings (SSSR count). The van der Waals surface area contributed by atoms with Crippen LogP contribution in [0.5, 0.6) is 23.0 Å². The van der Waals surface area contributed by atoms with Gasteiger partial charge in [0, 0.05) is 18.2 Å². The first kappa shape index (κ1) is 22.8. The van der Waals surface area contributed by atoms with Crippen LogP contribution in [0, 0.1) is 0 Å². The summed E-state index contributed by atoms with van der Waals surface area (Å²) in [7, 11) is 1.38. The lowest BCUT2D eigenvalue weighted by atomic mass is 9.99. The Labute approximate surface area is 186 Å². The van der Waals surface area contributed by atoms with Gasteiger partial charge in [0.05, 0.1) is 19.3 Å². The summed E-state index contributed by atoms with van der Waals surface area (Å²) in [6.07, 6.45) is -7.62. The van der Waals surface area contributed by atoms with E-state index in [4.69, 9.17) is 18.6 Å². The molecule has 1 aromatic heterocycles. The number of phenolic OH excluding ortho intramolecular Hbond substituents is 2. The van der Waals surface area contributed by atoms with E-state index in [2.05, 4.69) is 0 Å². The summed E-state index contributed by atoms with van der Waals surface area (Å²) in [4.78, 5) is 12.6. The van der Waals surface area contributed by atoms with Crippen LogP contribution in [-0.4, -0.2) is 75.1 Å². The van der Waals surface area contributed by atoms with Crippen LogP contribution in [0.25, 0.3) is 22.3 Å². The molecule has 2 heterocycles. The number of hydrogen-bond donors (Lipinski definition) is 6. The van der Waals surface area contributed by atoms with Gasteiger partial charge in [0.15, 0.2) is 16.9 Å². The Morgan fingerprint density at radius 2 is 1.79 bits per heavy atom. The first-order valence-electron chi connectivity index (χ1n) is 9.89. The minimum atomic E-state index is -1.68. The molecule has 0 radical (unpaired) electrons. The van der Waals surface area contributed by atoms with Gasteiger partial charge >= 0.3 is 0 Å². The minimum absolute atomic E-state index is 0.0222. The number of ether oxygens (including phenoxy) is 3. The zero-order chi connectivity index (χ0) is 23.9. The van der Waals surface area contributed by atoms with Crippen molar-refractivity contribution < 1.29 is 49.3 Å². The lowest BCUT2D eigenvalue weighted by Crippen LogP contribution is -2.60. The molecule has 2 aromatic carbocycles. The average Bonchev–Trinajstić information content (AvgIpc) is 2.79. The van der Waals surface area contributed by atoms with Gasteiger partial charge in [-0.05, 0) is 12.1 Å². The molecule has 5 atom stereocenters. The Morgan fingerprint density at radius 1 is 1.03 bits per heavy atom. The van der Waals surface area contributed by atoms with Gasteiger partial charge in [-0.2, -0.15) is 0 Å². The molecule has 176 valence electrons. The average molecular weight is 462 g/mol. The molecule has 5 unspecified atom stereocenters. The zero-order valence-electron chi connectivity index (χ0n) is 17.3. The van der Waals surface area contributed by atoms with Gasteiger partial charge < -0.3 is 49.3 Å². The van der Waals surface area contributed by atoms with E-state index in [9.17, 15) is 35.4 Å². The van der Waals surface area contributed by atoms with E-state index in [1.807, 2.05) is 0 Å². The smallest absolute Gasteiger partial charge is 0.229 e. The van der Waals surface area contributed by atoms with Crippen LogP contribution in [-0.2, 0) is 4.74 Å². The van der Waals surface area contributed by atoms with Crippen LogP contribution < -0.4 is 14.9 Å².